The van der Waals surface area contributed by atoms with Crippen molar-refractivity contribution >= 4 is 44.7 Å². The van der Waals surface area contributed by atoms with Crippen molar-refractivity contribution in [3.8, 4) is 0 Å². The van der Waals surface area contributed by atoms with Gasteiger partial charge in [-0.25, -0.2) is 18.1 Å². The number of sulfonamides is 1. The molecule has 1 aliphatic rings. The van der Waals surface area contributed by atoms with Crippen molar-refractivity contribution in [2.75, 3.05) is 19.6 Å². The summed E-state index contributed by atoms with van der Waals surface area (Å²) >= 11 is 0. The zero-order valence-electron chi connectivity index (χ0n) is 24.2. The predicted octanol–water partition coefficient (Wildman–Crippen LogP) is -1.56. The summed E-state index contributed by atoms with van der Waals surface area (Å²) in [5.74, 6) is -3.08. The molecule has 3 aromatic rings. The molecule has 3 amide bonds. The summed E-state index contributed by atoms with van der Waals surface area (Å²) in [7, 11) is -4.06. The van der Waals surface area contributed by atoms with Crippen LogP contribution in [0.4, 0.5) is 0 Å². The molecule has 3 atom stereocenters. The Morgan fingerprint density at radius 3 is 2.56 bits per heavy atom. The summed E-state index contributed by atoms with van der Waals surface area (Å²) in [6.45, 7) is -0.409. The average Bonchev–Trinajstić information content (AvgIpc) is 3.00. The molecule has 0 saturated carbocycles. The largest absolute Gasteiger partial charge is 0.371 e. The number of aliphatic hydroxyl groups is 1. The van der Waals surface area contributed by atoms with Crippen molar-refractivity contribution in [1.82, 2.24) is 35.5 Å². The summed E-state index contributed by atoms with van der Waals surface area (Å²) in [4.78, 5) is 58.8. The zero-order valence-corrected chi connectivity index (χ0v) is 25.0. The standard InChI is InChI=1S/C28H35N9O7S/c29-28(30)37-14-6-11-21(27(37)42)33-22(38)15-32-24(39)20(36-45(43,44)16-17-7-2-1-3-8-17)12-13-31-25(40)23-26(41)35-19-10-5-4-9-18(19)34-23/h1-5,7-10,20-21,27,36,42H,6,11-16H2,(H3,29,30)(H,31,40)(H,32,39)(H,33,38)(H,35,41)/t20-,21+,27?/m1/s1. The molecule has 0 aliphatic carbocycles. The Labute approximate surface area is 258 Å². The van der Waals surface area contributed by atoms with E-state index >= 15 is 0 Å². The lowest BCUT2D eigenvalue weighted by Crippen LogP contribution is -2.59. The highest BCUT2D eigenvalue weighted by molar-refractivity contribution is 7.88. The van der Waals surface area contributed by atoms with Gasteiger partial charge in [-0.15, -0.1) is 0 Å². The first-order valence-corrected chi connectivity index (χ1v) is 15.8. The van der Waals surface area contributed by atoms with Gasteiger partial charge in [-0.05, 0) is 37.0 Å². The topological polar surface area (TPSA) is 253 Å². The lowest BCUT2D eigenvalue weighted by atomic mass is 10.0. The number of likely N-dealkylation sites (tertiary alicyclic amines) is 1. The number of guanidine groups is 1. The maximum Gasteiger partial charge on any atom is 0.280 e. The van der Waals surface area contributed by atoms with Crippen molar-refractivity contribution in [2.24, 2.45) is 5.73 Å². The van der Waals surface area contributed by atoms with Crippen molar-refractivity contribution in [2.45, 2.75) is 43.3 Å². The highest BCUT2D eigenvalue weighted by atomic mass is 32.2. The van der Waals surface area contributed by atoms with E-state index in [9.17, 15) is 32.7 Å². The summed E-state index contributed by atoms with van der Waals surface area (Å²) in [5.41, 5.74) is 5.67. The number of hydrogen-bond acceptors (Lipinski definition) is 9. The van der Waals surface area contributed by atoms with Gasteiger partial charge in [0.1, 0.15) is 12.3 Å². The van der Waals surface area contributed by atoms with Crippen molar-refractivity contribution < 1.29 is 27.9 Å². The molecule has 0 spiro atoms. The van der Waals surface area contributed by atoms with E-state index < -0.39 is 69.6 Å². The summed E-state index contributed by atoms with van der Waals surface area (Å²) in [5, 5.41) is 25.4. The smallest absolute Gasteiger partial charge is 0.280 e. The number of para-hydroxylation sites is 2. The molecular weight excluding hydrogens is 606 g/mol. The number of amides is 3. The number of rotatable bonds is 12. The Morgan fingerprint density at radius 2 is 1.82 bits per heavy atom. The van der Waals surface area contributed by atoms with E-state index in [2.05, 4.69) is 30.6 Å². The number of nitrogens with one attached hydrogen (secondary N) is 6. The number of nitrogens with zero attached hydrogens (tertiary/aromatic N) is 2. The van der Waals surface area contributed by atoms with E-state index in [1.165, 1.54) is 4.90 Å². The number of carbonyl (C=O) groups excluding carboxylic acids is 3. The van der Waals surface area contributed by atoms with Gasteiger partial charge in [0, 0.05) is 13.1 Å². The van der Waals surface area contributed by atoms with E-state index in [0.717, 1.165) is 0 Å². The molecule has 2 heterocycles. The van der Waals surface area contributed by atoms with Gasteiger partial charge in [0.2, 0.25) is 21.8 Å². The summed E-state index contributed by atoms with van der Waals surface area (Å²) < 4.78 is 28.2. The zero-order chi connectivity index (χ0) is 32.6. The molecule has 9 N–H and O–H groups in total. The number of H-pyrrole nitrogens is 1. The van der Waals surface area contributed by atoms with Gasteiger partial charge in [-0.3, -0.25) is 24.6 Å². The molecule has 1 aliphatic heterocycles. The van der Waals surface area contributed by atoms with Crippen molar-refractivity contribution in [1.29, 1.82) is 5.41 Å². The van der Waals surface area contributed by atoms with Gasteiger partial charge in [0.05, 0.1) is 29.4 Å². The van der Waals surface area contributed by atoms with Crippen LogP contribution < -0.4 is 32.0 Å². The minimum atomic E-state index is -4.06. The number of aromatic amines is 1. The van der Waals surface area contributed by atoms with Crippen molar-refractivity contribution in [3.05, 3.63) is 76.2 Å². The van der Waals surface area contributed by atoms with E-state index in [1.54, 1.807) is 54.6 Å². The van der Waals surface area contributed by atoms with Crippen LogP contribution in [-0.4, -0.2) is 90.0 Å². The molecule has 1 fully saturated rings. The molecule has 0 bridgehead atoms. The summed E-state index contributed by atoms with van der Waals surface area (Å²) in [6.07, 6.45) is -0.471. The second-order valence-electron chi connectivity index (χ2n) is 10.4. The van der Waals surface area contributed by atoms with E-state index in [0.29, 0.717) is 36.0 Å². The molecule has 1 aromatic heterocycles. The minimum Gasteiger partial charge on any atom is -0.371 e. The minimum absolute atomic E-state index is 0.222. The molecule has 1 unspecified atom stereocenters. The second-order valence-corrected chi connectivity index (χ2v) is 12.2. The van der Waals surface area contributed by atoms with E-state index in [1.807, 2.05) is 0 Å². The molecule has 240 valence electrons. The second kappa shape index (κ2) is 14.7. The Balaban J connectivity index is 1.40. The van der Waals surface area contributed by atoms with Crippen LogP contribution in [0.1, 0.15) is 35.3 Å². The number of fused-ring (bicyclic) bond motifs is 1. The van der Waals surface area contributed by atoms with Crippen LogP contribution in [0.2, 0.25) is 0 Å². The van der Waals surface area contributed by atoms with E-state index in [4.69, 9.17) is 11.1 Å². The van der Waals surface area contributed by atoms with Gasteiger partial charge < -0.3 is 36.7 Å². The third-order valence-corrected chi connectivity index (χ3v) is 8.40. The first-order valence-electron chi connectivity index (χ1n) is 14.1. The highest BCUT2D eigenvalue weighted by Crippen LogP contribution is 2.15. The van der Waals surface area contributed by atoms with Crippen LogP contribution in [0.3, 0.4) is 0 Å². The molecule has 4 rings (SSSR count). The van der Waals surface area contributed by atoms with Crippen LogP contribution >= 0.6 is 0 Å². The Hall–Kier alpha value is -4.87. The predicted molar refractivity (Wildman–Crippen MR) is 164 cm³/mol. The SMILES string of the molecule is N=C(N)N1CCC[C@H](NC(=O)CNC(=O)[C@@H](CCNC(=O)c2nc3ccccc3[nH]c2=O)NS(=O)(=O)Cc2ccccc2)C1O. The number of benzene rings is 2. The maximum absolute atomic E-state index is 13.1. The fourth-order valence-electron chi connectivity index (χ4n) is 4.83. The first kappa shape index (κ1) is 33.0. The summed E-state index contributed by atoms with van der Waals surface area (Å²) in [6, 6.07) is 12.8. The Kier molecular flexibility index (Phi) is 10.8. The Bertz CT molecular complexity index is 1720. The lowest BCUT2D eigenvalue weighted by molar-refractivity contribution is -0.128. The normalized spacial score (nSPS) is 17.3. The first-order chi connectivity index (χ1) is 21.4. The average molecular weight is 642 g/mol. The van der Waals surface area contributed by atoms with Crippen LogP contribution in [0.25, 0.3) is 11.0 Å². The van der Waals surface area contributed by atoms with Crippen LogP contribution in [0.5, 0.6) is 0 Å². The molecule has 16 nitrogen and oxygen atoms in total. The van der Waals surface area contributed by atoms with Gasteiger partial charge in [-0.2, -0.15) is 0 Å². The Morgan fingerprint density at radius 1 is 1.11 bits per heavy atom. The third kappa shape index (κ3) is 9.07. The maximum atomic E-state index is 13.1. The number of aromatic nitrogens is 2. The molecular formula is C28H35N9O7S. The fraction of sp³-hybridized carbons (Fsp3) is 0.357. The number of aliphatic hydroxyl groups excluding tert-OH is 1. The highest BCUT2D eigenvalue weighted by Gasteiger charge is 2.32. The van der Waals surface area contributed by atoms with Crippen LogP contribution in [0.15, 0.2) is 59.4 Å². The third-order valence-electron chi connectivity index (χ3n) is 7.04. The molecule has 45 heavy (non-hydrogen) atoms. The number of nitrogens with two attached hydrogens (primary N) is 1. The number of carbonyl (C=O) groups is 3. The van der Waals surface area contributed by atoms with Gasteiger partial charge in [0.15, 0.2) is 11.7 Å². The molecule has 1 saturated heterocycles. The molecule has 17 heteroatoms. The van der Waals surface area contributed by atoms with Gasteiger partial charge in [0.25, 0.3) is 11.5 Å². The molecule has 2 aromatic carbocycles. The monoisotopic (exact) mass is 641 g/mol. The van der Waals surface area contributed by atoms with Crippen molar-refractivity contribution in [3.63, 3.8) is 0 Å². The quantitative estimate of drug-likeness (QED) is 0.0834. The van der Waals surface area contributed by atoms with Crippen LogP contribution in [-0.2, 0) is 25.4 Å². The van der Waals surface area contributed by atoms with Crippen LogP contribution in [0, 0.1) is 5.41 Å². The number of piperidine rings is 1. The van der Waals surface area contributed by atoms with Gasteiger partial charge in [-0.1, -0.05) is 42.5 Å². The number of hydrogen-bond donors (Lipinski definition) is 8. The van der Waals surface area contributed by atoms with Gasteiger partial charge >= 0.3 is 0 Å². The fourth-order valence-corrected chi connectivity index (χ4v) is 6.20. The van der Waals surface area contributed by atoms with E-state index in [-0.39, 0.29) is 18.9 Å². The molecule has 0 radical (unpaired) electrons. The lowest BCUT2D eigenvalue weighted by Gasteiger charge is -2.38.